The zero-order valence-electron chi connectivity index (χ0n) is 13.6. The number of imidazole rings is 1. The number of sulfonamides is 1. The first-order valence-electron chi connectivity index (χ1n) is 7.65. The van der Waals surface area contributed by atoms with Crippen LogP contribution >= 0.6 is 11.6 Å². The summed E-state index contributed by atoms with van der Waals surface area (Å²) in [6, 6.07) is 7.38. The molecule has 6 nitrogen and oxygen atoms in total. The third-order valence-electron chi connectivity index (χ3n) is 4.27. The molecule has 0 amide bonds. The number of ether oxygens (including phenoxy) is 1. The molecule has 0 aliphatic carbocycles. The minimum Gasteiger partial charge on any atom is -0.379 e. The maximum Gasteiger partial charge on any atom is 0.214 e. The zero-order valence-corrected chi connectivity index (χ0v) is 15.2. The lowest BCUT2D eigenvalue weighted by atomic mass is 10.1. The maximum absolute atomic E-state index is 12.2. The molecule has 8 heteroatoms. The van der Waals surface area contributed by atoms with E-state index in [0.717, 1.165) is 11.4 Å². The van der Waals surface area contributed by atoms with Crippen LogP contribution in [0.4, 0.5) is 0 Å². The SMILES string of the molecule is CN(C)S(=O)(=O)C[C@@H]1COC[C@H]1n1ccnc1-c1ccc(Cl)cc1. The van der Waals surface area contributed by atoms with Gasteiger partial charge in [0, 0.05) is 43.0 Å². The number of nitrogens with zero attached hydrogens (tertiary/aromatic N) is 3. The molecule has 1 aliphatic heterocycles. The predicted molar refractivity (Wildman–Crippen MR) is 93.5 cm³/mol. The van der Waals surface area contributed by atoms with Crippen LogP contribution in [-0.2, 0) is 14.8 Å². The van der Waals surface area contributed by atoms with E-state index >= 15 is 0 Å². The Morgan fingerprint density at radius 2 is 2.00 bits per heavy atom. The van der Waals surface area contributed by atoms with Crippen molar-refractivity contribution in [2.75, 3.05) is 33.1 Å². The fourth-order valence-corrected chi connectivity index (χ4v) is 4.16. The van der Waals surface area contributed by atoms with Crippen LogP contribution in [0.3, 0.4) is 0 Å². The lowest BCUT2D eigenvalue weighted by Crippen LogP contribution is -2.32. The fourth-order valence-electron chi connectivity index (χ4n) is 2.88. The van der Waals surface area contributed by atoms with Crippen LogP contribution in [-0.4, -0.2) is 55.3 Å². The molecule has 24 heavy (non-hydrogen) atoms. The number of hydrogen-bond donors (Lipinski definition) is 0. The van der Waals surface area contributed by atoms with Crippen molar-refractivity contribution in [3.8, 4) is 11.4 Å². The summed E-state index contributed by atoms with van der Waals surface area (Å²) in [5, 5.41) is 0.663. The van der Waals surface area contributed by atoms with Gasteiger partial charge in [-0.25, -0.2) is 17.7 Å². The topological polar surface area (TPSA) is 64.4 Å². The van der Waals surface area contributed by atoms with Gasteiger partial charge in [-0.3, -0.25) is 0 Å². The van der Waals surface area contributed by atoms with Gasteiger partial charge in [-0.05, 0) is 24.3 Å². The fraction of sp³-hybridized carbons (Fsp3) is 0.438. The van der Waals surface area contributed by atoms with Gasteiger partial charge in [0.1, 0.15) is 5.82 Å². The molecule has 1 aliphatic rings. The summed E-state index contributed by atoms with van der Waals surface area (Å²) in [7, 11) is -0.182. The highest BCUT2D eigenvalue weighted by Crippen LogP contribution is 2.32. The van der Waals surface area contributed by atoms with E-state index in [2.05, 4.69) is 4.98 Å². The van der Waals surface area contributed by atoms with Crippen molar-refractivity contribution in [1.29, 1.82) is 0 Å². The van der Waals surface area contributed by atoms with Crippen molar-refractivity contribution in [1.82, 2.24) is 13.9 Å². The molecular weight excluding hydrogens is 350 g/mol. The van der Waals surface area contributed by atoms with Crippen LogP contribution in [0.25, 0.3) is 11.4 Å². The second-order valence-corrected chi connectivity index (χ2v) is 8.75. The molecule has 0 unspecified atom stereocenters. The summed E-state index contributed by atoms with van der Waals surface area (Å²) in [6.07, 6.45) is 3.60. The minimum absolute atomic E-state index is 0.0584. The zero-order chi connectivity index (χ0) is 17.3. The van der Waals surface area contributed by atoms with Crippen molar-refractivity contribution < 1.29 is 13.2 Å². The minimum atomic E-state index is -3.29. The Balaban J connectivity index is 1.89. The van der Waals surface area contributed by atoms with Gasteiger partial charge in [0.25, 0.3) is 0 Å². The molecule has 2 heterocycles. The van der Waals surface area contributed by atoms with Gasteiger partial charge >= 0.3 is 0 Å². The predicted octanol–water partition coefficient (Wildman–Crippen LogP) is 2.28. The molecule has 0 bridgehead atoms. The number of hydrogen-bond acceptors (Lipinski definition) is 4. The van der Waals surface area contributed by atoms with E-state index < -0.39 is 10.0 Å². The van der Waals surface area contributed by atoms with E-state index in [4.69, 9.17) is 16.3 Å². The summed E-state index contributed by atoms with van der Waals surface area (Å²) < 4.78 is 33.3. The highest BCUT2D eigenvalue weighted by atomic mass is 35.5. The summed E-state index contributed by atoms with van der Waals surface area (Å²) in [5.41, 5.74) is 0.936. The van der Waals surface area contributed by atoms with Crippen LogP contribution in [0.5, 0.6) is 0 Å². The Hall–Kier alpha value is -1.41. The molecule has 0 radical (unpaired) electrons. The third-order valence-corrected chi connectivity index (χ3v) is 6.49. The summed E-state index contributed by atoms with van der Waals surface area (Å²) in [4.78, 5) is 4.43. The highest BCUT2D eigenvalue weighted by Gasteiger charge is 2.35. The van der Waals surface area contributed by atoms with Crippen molar-refractivity contribution in [3.05, 3.63) is 41.7 Å². The van der Waals surface area contributed by atoms with Crippen molar-refractivity contribution in [2.24, 2.45) is 5.92 Å². The smallest absolute Gasteiger partial charge is 0.214 e. The Labute approximate surface area is 147 Å². The van der Waals surface area contributed by atoms with Crippen molar-refractivity contribution >= 4 is 21.6 Å². The molecule has 2 atom stereocenters. The van der Waals surface area contributed by atoms with Gasteiger partial charge in [-0.15, -0.1) is 0 Å². The first kappa shape index (κ1) is 17.4. The van der Waals surface area contributed by atoms with E-state index in [9.17, 15) is 8.42 Å². The molecular formula is C16H20ClN3O3S. The van der Waals surface area contributed by atoms with Crippen LogP contribution in [0, 0.1) is 5.92 Å². The normalized spacial score (nSPS) is 21.5. The first-order chi connectivity index (χ1) is 11.4. The van der Waals surface area contributed by atoms with E-state index in [1.165, 1.54) is 4.31 Å². The molecule has 130 valence electrons. The number of rotatable bonds is 5. The Kier molecular flexibility index (Phi) is 4.96. The third kappa shape index (κ3) is 3.49. The Morgan fingerprint density at radius 1 is 1.29 bits per heavy atom. The molecule has 0 spiro atoms. The van der Waals surface area contributed by atoms with E-state index in [1.54, 1.807) is 20.3 Å². The van der Waals surface area contributed by atoms with E-state index in [-0.39, 0.29) is 17.7 Å². The average Bonchev–Trinajstić information content (AvgIpc) is 3.16. The van der Waals surface area contributed by atoms with Gasteiger partial charge in [-0.2, -0.15) is 0 Å². The molecule has 1 aromatic heterocycles. The van der Waals surface area contributed by atoms with Gasteiger partial charge in [0.05, 0.1) is 25.0 Å². The Morgan fingerprint density at radius 3 is 2.67 bits per heavy atom. The lowest BCUT2D eigenvalue weighted by molar-refractivity contribution is 0.182. The largest absolute Gasteiger partial charge is 0.379 e. The average molecular weight is 370 g/mol. The van der Waals surface area contributed by atoms with Crippen LogP contribution in [0.2, 0.25) is 5.02 Å². The molecule has 1 fully saturated rings. The maximum atomic E-state index is 12.2. The summed E-state index contributed by atoms with van der Waals surface area (Å²) >= 11 is 5.95. The number of aromatic nitrogens is 2. The summed E-state index contributed by atoms with van der Waals surface area (Å²) in [6.45, 7) is 0.903. The van der Waals surface area contributed by atoms with E-state index in [1.807, 2.05) is 35.0 Å². The first-order valence-corrected chi connectivity index (χ1v) is 9.64. The van der Waals surface area contributed by atoms with Crippen molar-refractivity contribution in [3.63, 3.8) is 0 Å². The van der Waals surface area contributed by atoms with Crippen LogP contribution in [0.1, 0.15) is 6.04 Å². The quantitative estimate of drug-likeness (QED) is 0.811. The van der Waals surface area contributed by atoms with Crippen LogP contribution < -0.4 is 0 Å². The van der Waals surface area contributed by atoms with Crippen LogP contribution in [0.15, 0.2) is 36.7 Å². The van der Waals surface area contributed by atoms with Gasteiger partial charge in [0.15, 0.2) is 0 Å². The monoisotopic (exact) mass is 369 g/mol. The van der Waals surface area contributed by atoms with Crippen molar-refractivity contribution in [2.45, 2.75) is 6.04 Å². The van der Waals surface area contributed by atoms with Gasteiger partial charge in [0.2, 0.25) is 10.0 Å². The van der Waals surface area contributed by atoms with Gasteiger partial charge < -0.3 is 9.30 Å². The standard InChI is InChI=1S/C16H20ClN3O3S/c1-19(2)24(21,22)11-13-9-23-10-15(13)20-8-7-18-16(20)12-3-5-14(17)6-4-12/h3-8,13,15H,9-11H2,1-2H3/t13-,15+/m0/s1. The molecule has 1 aromatic carbocycles. The number of benzene rings is 1. The highest BCUT2D eigenvalue weighted by molar-refractivity contribution is 7.89. The number of halogens is 1. The molecule has 3 rings (SSSR count). The van der Waals surface area contributed by atoms with Gasteiger partial charge in [-0.1, -0.05) is 11.6 Å². The molecule has 1 saturated heterocycles. The second-order valence-electron chi connectivity index (χ2n) is 6.09. The molecule has 2 aromatic rings. The van der Waals surface area contributed by atoms with E-state index in [0.29, 0.717) is 18.2 Å². The molecule has 0 saturated carbocycles. The Bertz CT molecular complexity index is 802. The summed E-state index contributed by atoms with van der Waals surface area (Å²) in [5.74, 6) is 0.732. The second kappa shape index (κ2) is 6.84. The molecule has 0 N–H and O–H groups in total. The lowest BCUT2D eigenvalue weighted by Gasteiger charge is -2.22.